The summed E-state index contributed by atoms with van der Waals surface area (Å²) in [5.74, 6) is -0.190. The van der Waals surface area contributed by atoms with E-state index < -0.39 is 0 Å². The molecule has 0 unspecified atom stereocenters. The zero-order chi connectivity index (χ0) is 9.97. The smallest absolute Gasteiger partial charge is 0.137 e. The Balaban J connectivity index is 2.18. The Morgan fingerprint density at radius 2 is 2.21 bits per heavy atom. The van der Waals surface area contributed by atoms with Crippen LogP contribution < -0.4 is 5.32 Å². The van der Waals surface area contributed by atoms with E-state index >= 15 is 0 Å². The minimum atomic E-state index is -0.190. The maximum Gasteiger partial charge on any atom is 0.137 e. The second-order valence-electron chi connectivity index (χ2n) is 3.68. The topological polar surface area (TPSA) is 12.0 Å². The third-order valence-electron chi connectivity index (χ3n) is 2.66. The van der Waals surface area contributed by atoms with Gasteiger partial charge in [0.15, 0.2) is 0 Å². The lowest BCUT2D eigenvalue weighted by Crippen LogP contribution is -2.26. The van der Waals surface area contributed by atoms with E-state index in [9.17, 15) is 4.39 Å². The van der Waals surface area contributed by atoms with Crippen molar-refractivity contribution in [2.45, 2.75) is 25.3 Å². The minimum Gasteiger partial charge on any atom is -0.310 e. The van der Waals surface area contributed by atoms with Gasteiger partial charge < -0.3 is 5.32 Å². The third kappa shape index (κ3) is 2.15. The predicted octanol–water partition coefficient (Wildman–Crippen LogP) is 3.40. The van der Waals surface area contributed by atoms with Crippen molar-refractivity contribution in [3.05, 3.63) is 34.1 Å². The normalized spacial score (nSPS) is 22.3. The van der Waals surface area contributed by atoms with E-state index in [2.05, 4.69) is 21.2 Å². The Labute approximate surface area is 91.8 Å². The highest BCUT2D eigenvalue weighted by Gasteiger charge is 2.15. The number of hydrogen-bond donors (Lipinski definition) is 1. The first kappa shape index (κ1) is 10.1. The van der Waals surface area contributed by atoms with Gasteiger partial charge >= 0.3 is 0 Å². The van der Waals surface area contributed by atoms with E-state index in [1.165, 1.54) is 24.5 Å². The van der Waals surface area contributed by atoms with Gasteiger partial charge in [0.1, 0.15) is 5.82 Å². The lowest BCUT2D eigenvalue weighted by Gasteiger charge is -2.23. The molecular weight excluding hydrogens is 245 g/mol. The van der Waals surface area contributed by atoms with Crippen LogP contribution in [0.2, 0.25) is 0 Å². The number of benzene rings is 1. The molecule has 0 amide bonds. The summed E-state index contributed by atoms with van der Waals surface area (Å²) in [5.41, 5.74) is 1.18. The molecular formula is C11H13BrFN. The second kappa shape index (κ2) is 4.41. The zero-order valence-electron chi connectivity index (χ0n) is 7.89. The summed E-state index contributed by atoms with van der Waals surface area (Å²) in [6.45, 7) is 1.07. The van der Waals surface area contributed by atoms with Crippen LogP contribution in [0.25, 0.3) is 0 Å². The SMILES string of the molecule is Fc1ccc([C@H]2CCCCN2)cc1Br. The van der Waals surface area contributed by atoms with Gasteiger partial charge in [-0.2, -0.15) is 0 Å². The van der Waals surface area contributed by atoms with Crippen LogP contribution in [-0.4, -0.2) is 6.54 Å². The van der Waals surface area contributed by atoms with Crippen molar-refractivity contribution in [3.63, 3.8) is 0 Å². The highest BCUT2D eigenvalue weighted by atomic mass is 79.9. The molecule has 1 aliphatic heterocycles. The minimum absolute atomic E-state index is 0.190. The highest BCUT2D eigenvalue weighted by Crippen LogP contribution is 2.26. The molecule has 1 aromatic rings. The van der Waals surface area contributed by atoms with Crippen LogP contribution >= 0.6 is 15.9 Å². The van der Waals surface area contributed by atoms with E-state index in [4.69, 9.17) is 0 Å². The average Bonchev–Trinajstić information content (AvgIpc) is 2.23. The van der Waals surface area contributed by atoms with Crippen molar-refractivity contribution < 1.29 is 4.39 Å². The van der Waals surface area contributed by atoms with Gasteiger partial charge in [0, 0.05) is 6.04 Å². The maximum atomic E-state index is 13.0. The summed E-state index contributed by atoms with van der Waals surface area (Å²) in [6.07, 6.45) is 3.66. The Hall–Kier alpha value is -0.410. The summed E-state index contributed by atoms with van der Waals surface area (Å²) >= 11 is 3.21. The van der Waals surface area contributed by atoms with Crippen LogP contribution in [0.15, 0.2) is 22.7 Å². The molecule has 76 valence electrons. The largest absolute Gasteiger partial charge is 0.310 e. The first-order valence-electron chi connectivity index (χ1n) is 4.96. The molecule has 2 rings (SSSR count). The van der Waals surface area contributed by atoms with Crippen molar-refractivity contribution >= 4 is 15.9 Å². The van der Waals surface area contributed by atoms with Crippen molar-refractivity contribution in [1.29, 1.82) is 0 Å². The van der Waals surface area contributed by atoms with Crippen LogP contribution in [0, 0.1) is 5.82 Å². The molecule has 0 aliphatic carbocycles. The molecule has 0 radical (unpaired) electrons. The summed E-state index contributed by atoms with van der Waals surface area (Å²) in [6, 6.07) is 5.66. The molecule has 0 bridgehead atoms. The summed E-state index contributed by atoms with van der Waals surface area (Å²) in [5, 5.41) is 3.44. The lowest BCUT2D eigenvalue weighted by molar-refractivity contribution is 0.412. The molecule has 1 saturated heterocycles. The quantitative estimate of drug-likeness (QED) is 0.814. The molecule has 1 atom stereocenters. The fraction of sp³-hybridized carbons (Fsp3) is 0.455. The first-order chi connectivity index (χ1) is 6.77. The fourth-order valence-electron chi connectivity index (χ4n) is 1.87. The van der Waals surface area contributed by atoms with Gasteiger partial charge in [-0.25, -0.2) is 4.39 Å². The molecule has 0 spiro atoms. The monoisotopic (exact) mass is 257 g/mol. The lowest BCUT2D eigenvalue weighted by atomic mass is 9.98. The van der Waals surface area contributed by atoms with Crippen molar-refractivity contribution in [2.24, 2.45) is 0 Å². The van der Waals surface area contributed by atoms with Crippen LogP contribution in [-0.2, 0) is 0 Å². The molecule has 0 aromatic heterocycles. The highest BCUT2D eigenvalue weighted by molar-refractivity contribution is 9.10. The number of halogens is 2. The molecule has 1 fully saturated rings. The van der Waals surface area contributed by atoms with Gasteiger partial charge in [0.05, 0.1) is 4.47 Å². The molecule has 1 nitrogen and oxygen atoms in total. The summed E-state index contributed by atoms with van der Waals surface area (Å²) < 4.78 is 13.6. The van der Waals surface area contributed by atoms with Crippen molar-refractivity contribution in [2.75, 3.05) is 6.54 Å². The van der Waals surface area contributed by atoms with E-state index in [0.29, 0.717) is 10.5 Å². The molecule has 1 aliphatic rings. The Morgan fingerprint density at radius 3 is 2.86 bits per heavy atom. The third-order valence-corrected chi connectivity index (χ3v) is 3.26. The van der Waals surface area contributed by atoms with Crippen LogP contribution in [0.4, 0.5) is 4.39 Å². The standard InChI is InChI=1S/C11H13BrFN/c12-9-7-8(4-5-10(9)13)11-3-1-2-6-14-11/h4-5,7,11,14H,1-3,6H2/t11-/m1/s1. The maximum absolute atomic E-state index is 13.0. The van der Waals surface area contributed by atoms with E-state index in [1.54, 1.807) is 0 Å². The Kier molecular flexibility index (Phi) is 3.19. The van der Waals surface area contributed by atoms with Crippen LogP contribution in [0.1, 0.15) is 30.9 Å². The van der Waals surface area contributed by atoms with Crippen molar-refractivity contribution in [3.8, 4) is 0 Å². The molecule has 0 saturated carbocycles. The second-order valence-corrected chi connectivity index (χ2v) is 4.53. The number of rotatable bonds is 1. The molecule has 1 N–H and O–H groups in total. The molecule has 1 heterocycles. The zero-order valence-corrected chi connectivity index (χ0v) is 9.48. The Morgan fingerprint density at radius 1 is 1.36 bits per heavy atom. The summed E-state index contributed by atoms with van der Waals surface area (Å²) in [4.78, 5) is 0. The van der Waals surface area contributed by atoms with Crippen molar-refractivity contribution in [1.82, 2.24) is 5.32 Å². The molecule has 1 aromatic carbocycles. The number of piperidine rings is 1. The van der Waals surface area contributed by atoms with E-state index in [0.717, 1.165) is 13.0 Å². The number of nitrogens with one attached hydrogen (secondary N) is 1. The van der Waals surface area contributed by atoms with Gasteiger partial charge in [-0.3, -0.25) is 0 Å². The van der Waals surface area contributed by atoms with Gasteiger partial charge in [-0.1, -0.05) is 12.5 Å². The average molecular weight is 258 g/mol. The fourth-order valence-corrected chi connectivity index (χ4v) is 2.26. The Bertz CT molecular complexity index is 321. The predicted molar refractivity (Wildman–Crippen MR) is 58.7 cm³/mol. The van der Waals surface area contributed by atoms with Gasteiger partial charge in [-0.05, 0) is 53.0 Å². The van der Waals surface area contributed by atoms with Crippen LogP contribution in [0.3, 0.4) is 0 Å². The van der Waals surface area contributed by atoms with Crippen LogP contribution in [0.5, 0.6) is 0 Å². The van der Waals surface area contributed by atoms with Gasteiger partial charge in [-0.15, -0.1) is 0 Å². The first-order valence-corrected chi connectivity index (χ1v) is 5.75. The number of hydrogen-bond acceptors (Lipinski definition) is 1. The summed E-state index contributed by atoms with van der Waals surface area (Å²) in [7, 11) is 0. The van der Waals surface area contributed by atoms with Gasteiger partial charge in [0.2, 0.25) is 0 Å². The van der Waals surface area contributed by atoms with E-state index in [1.807, 2.05) is 12.1 Å². The van der Waals surface area contributed by atoms with E-state index in [-0.39, 0.29) is 5.82 Å². The molecule has 3 heteroatoms. The van der Waals surface area contributed by atoms with Gasteiger partial charge in [0.25, 0.3) is 0 Å². The molecule has 14 heavy (non-hydrogen) atoms.